The fourth-order valence-electron chi connectivity index (χ4n) is 10.3. The zero-order chi connectivity index (χ0) is 34.3. The second kappa shape index (κ2) is 10.2. The molecule has 2 saturated heterocycles. The molecule has 1 spiro atoms. The fourth-order valence-corrected chi connectivity index (χ4v) is 10.5. The molecule has 0 aromatic heterocycles. The molecule has 264 valence electrons. The lowest BCUT2D eigenvalue weighted by molar-refractivity contribution is -0.346. The second-order valence-corrected chi connectivity index (χ2v) is 16.4. The Balaban J connectivity index is 1.13. The lowest BCUT2D eigenvalue weighted by atomic mass is 9.47. The van der Waals surface area contributed by atoms with Gasteiger partial charge in [-0.15, -0.1) is 0 Å². The minimum Gasteiger partial charge on any atom is -0.459 e. The van der Waals surface area contributed by atoms with Crippen molar-refractivity contribution in [3.63, 3.8) is 0 Å². The molecule has 18 heteroatoms. The average Bonchev–Trinajstić information content (AvgIpc) is 3.55. The van der Waals surface area contributed by atoms with Gasteiger partial charge in [-0.25, -0.2) is 0 Å². The molecule has 8 unspecified atom stereocenters. The number of fused-ring (bicyclic) bond motifs is 1. The van der Waals surface area contributed by atoms with Crippen LogP contribution in [-0.2, 0) is 43.4 Å². The maximum Gasteiger partial charge on any atom is 0.402 e. The Kier molecular flexibility index (Phi) is 7.22. The molecule has 0 aromatic carbocycles. The number of ether oxygens (including phenoxy) is 4. The van der Waals surface area contributed by atoms with Gasteiger partial charge in [0.15, 0.2) is 12.4 Å². The van der Waals surface area contributed by atoms with Gasteiger partial charge in [-0.2, -0.15) is 34.8 Å². The van der Waals surface area contributed by atoms with Crippen LogP contribution in [0.2, 0.25) is 0 Å². The van der Waals surface area contributed by atoms with E-state index >= 15 is 0 Å². The maximum atomic E-state index is 14.2. The van der Waals surface area contributed by atoms with E-state index in [1.165, 1.54) is 4.90 Å². The van der Waals surface area contributed by atoms with Crippen molar-refractivity contribution in [2.24, 2.45) is 46.8 Å². The molecule has 8 rings (SSSR count). The highest BCUT2D eigenvalue weighted by Gasteiger charge is 2.74. The second-order valence-electron chi connectivity index (χ2n) is 14.9. The number of rotatable bonds is 7. The normalized spacial score (nSPS) is 42.3. The van der Waals surface area contributed by atoms with E-state index in [4.69, 9.17) is 18.8 Å². The van der Waals surface area contributed by atoms with Crippen LogP contribution in [-0.4, -0.2) is 96.6 Å². The topological polar surface area (TPSA) is 146 Å². The zero-order valence-corrected chi connectivity index (χ0v) is 26.2. The Labute approximate surface area is 265 Å². The lowest BCUT2D eigenvalue weighted by Gasteiger charge is -2.62. The number of alkyl halides is 6. The van der Waals surface area contributed by atoms with E-state index in [0.717, 1.165) is 0 Å². The van der Waals surface area contributed by atoms with Gasteiger partial charge in [-0.1, -0.05) is 0 Å². The van der Waals surface area contributed by atoms with Gasteiger partial charge in [0.2, 0.25) is 5.91 Å². The monoisotopic (exact) mass is 703 g/mol. The predicted molar refractivity (Wildman–Crippen MR) is 142 cm³/mol. The molecular weight excluding hydrogens is 668 g/mol. The quantitative estimate of drug-likeness (QED) is 0.238. The van der Waals surface area contributed by atoms with Gasteiger partial charge in [-0.3, -0.25) is 18.9 Å². The van der Waals surface area contributed by atoms with Crippen LogP contribution in [0.1, 0.15) is 52.4 Å². The first-order chi connectivity index (χ1) is 21.6. The lowest BCUT2D eigenvalue weighted by Crippen LogP contribution is -2.65. The van der Waals surface area contributed by atoms with E-state index < -0.39 is 130 Å². The first kappa shape index (κ1) is 33.3. The fraction of sp³-hybridized carbons (Fsp3) is 0.897. The zero-order valence-electron chi connectivity index (χ0n) is 25.4. The molecule has 6 aliphatic carbocycles. The summed E-state index contributed by atoms with van der Waals surface area (Å²) in [5, 5.41) is -4.79. The van der Waals surface area contributed by atoms with Crippen LogP contribution < -0.4 is 0 Å². The Morgan fingerprint density at radius 3 is 2.11 bits per heavy atom. The first-order valence-corrected chi connectivity index (χ1v) is 17.2. The molecule has 1 amide bonds. The largest absolute Gasteiger partial charge is 0.459 e. The van der Waals surface area contributed by atoms with Crippen molar-refractivity contribution < 1.29 is 72.6 Å². The molecule has 1 N–H and O–H groups in total. The van der Waals surface area contributed by atoms with Gasteiger partial charge in [0.1, 0.15) is 19.3 Å². The molecule has 47 heavy (non-hydrogen) atoms. The minimum atomic E-state index is -5.89. The summed E-state index contributed by atoms with van der Waals surface area (Å²) < 4.78 is 137. The third kappa shape index (κ3) is 4.62. The van der Waals surface area contributed by atoms with Gasteiger partial charge < -0.3 is 23.8 Å². The summed E-state index contributed by atoms with van der Waals surface area (Å²) in [6.45, 7) is -1.58. The van der Waals surface area contributed by atoms with E-state index in [-0.39, 0.29) is 25.2 Å². The highest BCUT2D eigenvalue weighted by Crippen LogP contribution is 2.67. The van der Waals surface area contributed by atoms with Gasteiger partial charge in [0.25, 0.3) is 0 Å². The smallest absolute Gasteiger partial charge is 0.402 e. The summed E-state index contributed by atoms with van der Waals surface area (Å²) in [5.41, 5.74) is -1.13. The van der Waals surface area contributed by atoms with Crippen molar-refractivity contribution in [1.29, 1.82) is 0 Å². The Bertz CT molecular complexity index is 1450. The van der Waals surface area contributed by atoms with E-state index in [9.17, 15) is 49.1 Å². The van der Waals surface area contributed by atoms with Crippen molar-refractivity contribution in [1.82, 2.24) is 4.90 Å². The molecule has 0 radical (unpaired) electrons. The predicted octanol–water partition coefficient (Wildman–Crippen LogP) is 3.26. The van der Waals surface area contributed by atoms with Gasteiger partial charge in [0.05, 0.1) is 23.3 Å². The van der Waals surface area contributed by atoms with Gasteiger partial charge >= 0.3 is 39.2 Å². The molecule has 6 saturated carbocycles. The van der Waals surface area contributed by atoms with E-state index in [1.807, 2.05) is 0 Å². The number of carbonyl (C=O) groups is 3. The number of likely N-dealkylation sites (tertiary alicyclic amines) is 1. The van der Waals surface area contributed by atoms with Crippen molar-refractivity contribution in [2.75, 3.05) is 19.8 Å². The van der Waals surface area contributed by atoms with E-state index in [0.29, 0.717) is 19.3 Å². The summed E-state index contributed by atoms with van der Waals surface area (Å²) in [6.07, 6.45) is 0.531. The highest BCUT2D eigenvalue weighted by atomic mass is 32.2. The average molecular weight is 704 g/mol. The molecule has 6 bridgehead atoms. The van der Waals surface area contributed by atoms with Crippen LogP contribution in [0.4, 0.5) is 26.3 Å². The SMILES string of the molecule is CC(C)N1C(=O)C2C3CC(C(OC(=O)C45CC6CC(C4)C4(OCC(F)(F)C(F)(F)CO4)C(C6)C5)C31)C2C(=O)OCC(F)(F)S(=O)(=O)O. The maximum absolute atomic E-state index is 14.2. The van der Waals surface area contributed by atoms with E-state index in [2.05, 4.69) is 4.74 Å². The molecule has 0 aromatic rings. The number of nitrogens with zero attached hydrogens (tertiary/aromatic N) is 1. The molecular formula is C29H35F6NO10S. The van der Waals surface area contributed by atoms with Gasteiger partial charge in [0, 0.05) is 23.8 Å². The summed E-state index contributed by atoms with van der Waals surface area (Å²) in [6, 6.07) is -1.01. The van der Waals surface area contributed by atoms with Crippen LogP contribution in [0.25, 0.3) is 0 Å². The van der Waals surface area contributed by atoms with Crippen LogP contribution in [0.5, 0.6) is 0 Å². The molecule has 8 atom stereocenters. The Morgan fingerprint density at radius 1 is 1.00 bits per heavy atom. The van der Waals surface area contributed by atoms with Crippen molar-refractivity contribution >= 4 is 28.0 Å². The third-order valence-corrected chi connectivity index (χ3v) is 12.9. The summed E-state index contributed by atoms with van der Waals surface area (Å²) in [7, 11) is -5.89. The third-order valence-electron chi connectivity index (χ3n) is 12.0. The van der Waals surface area contributed by atoms with Crippen LogP contribution in [0.15, 0.2) is 0 Å². The number of hydrogen-bond acceptors (Lipinski definition) is 9. The van der Waals surface area contributed by atoms with Crippen LogP contribution in [0.3, 0.4) is 0 Å². The summed E-state index contributed by atoms with van der Waals surface area (Å²) in [4.78, 5) is 42.4. The molecule has 8 fully saturated rings. The van der Waals surface area contributed by atoms with Crippen molar-refractivity contribution in [2.45, 2.75) is 93.4 Å². The Morgan fingerprint density at radius 2 is 1.57 bits per heavy atom. The number of esters is 2. The molecule has 11 nitrogen and oxygen atoms in total. The number of halogens is 6. The van der Waals surface area contributed by atoms with Crippen LogP contribution in [0, 0.1) is 46.8 Å². The number of hydrogen-bond donors (Lipinski definition) is 1. The van der Waals surface area contributed by atoms with Gasteiger partial charge in [-0.05, 0) is 64.2 Å². The Hall–Kier alpha value is -2.18. The standard InChI is InChI=1S/C29H35F6NO10S/c1-12(2)36-20-16-5-17(19(18(16)22(36)37)23(38)43-11-28(34,35)47(40,41)42)21(20)46-24(39)25-6-13-3-14(7-25)29(15(4-13)8-25)44-9-26(30,31)27(32,33)10-45-29/h12-21H,3-11H2,1-2H3,(H,40,41,42). The number of amides is 1. The minimum absolute atomic E-state index is 0.0565. The molecule has 8 aliphatic rings. The molecule has 2 aliphatic heterocycles. The molecule has 2 heterocycles. The van der Waals surface area contributed by atoms with E-state index in [1.54, 1.807) is 13.8 Å². The summed E-state index contributed by atoms with van der Waals surface area (Å²) in [5.74, 6) is -17.9. The number of carbonyl (C=O) groups excluding carboxylic acids is 3. The first-order valence-electron chi connectivity index (χ1n) is 15.7. The van der Waals surface area contributed by atoms with Crippen LogP contribution >= 0.6 is 0 Å². The van der Waals surface area contributed by atoms with Crippen molar-refractivity contribution in [3.8, 4) is 0 Å². The highest BCUT2D eigenvalue weighted by molar-refractivity contribution is 7.86. The van der Waals surface area contributed by atoms with Crippen molar-refractivity contribution in [3.05, 3.63) is 0 Å². The summed E-state index contributed by atoms with van der Waals surface area (Å²) >= 11 is 0.